The number of ether oxygens (including phenoxy) is 19. The summed E-state index contributed by atoms with van der Waals surface area (Å²) in [7, 11) is 10.8. The second-order valence-corrected chi connectivity index (χ2v) is 36.9. The number of likely N-dealkylation sites (N-methyl/N-ethyl adjacent to an activating group) is 1. The number of carbonyl (C=O) groups excluding carboxylic acids is 7. The summed E-state index contributed by atoms with van der Waals surface area (Å²) < 4.78 is 111. The normalized spacial score (nSPS) is 30.2. The van der Waals surface area contributed by atoms with Gasteiger partial charge in [0.1, 0.15) is 49.8 Å². The number of nitrogens with one attached hydrogen (secondary N) is 5. The van der Waals surface area contributed by atoms with E-state index >= 15 is 0 Å². The lowest BCUT2D eigenvalue weighted by atomic mass is 9.75. The van der Waals surface area contributed by atoms with Gasteiger partial charge in [-0.1, -0.05) is 63.1 Å². The molecule has 4 saturated heterocycles. The van der Waals surface area contributed by atoms with Crippen molar-refractivity contribution in [3.05, 3.63) is 49.8 Å². The van der Waals surface area contributed by atoms with Crippen LogP contribution in [0.15, 0.2) is 35.1 Å². The first kappa shape index (κ1) is 105. The van der Waals surface area contributed by atoms with Crippen molar-refractivity contribution >= 4 is 96.9 Å². The van der Waals surface area contributed by atoms with Gasteiger partial charge < -0.3 is 136 Å². The predicted octanol–water partition coefficient (Wildman–Crippen LogP) is 4.05. The molecule has 4 aliphatic heterocycles. The zero-order chi connectivity index (χ0) is 92.8. The van der Waals surface area contributed by atoms with Crippen LogP contribution >= 0.6 is 55.9 Å². The number of aliphatic hydroxyl groups excluding tert-OH is 4. The van der Waals surface area contributed by atoms with Gasteiger partial charge in [0.2, 0.25) is 29.0 Å². The maximum absolute atomic E-state index is 14.7. The second-order valence-electron chi connectivity index (χ2n) is 31.7. The lowest BCUT2D eigenvalue weighted by Gasteiger charge is -2.47. The van der Waals surface area contributed by atoms with E-state index in [2.05, 4.69) is 62.3 Å². The number of nitrogens with zero attached hydrogens (tertiary/aromatic N) is 1. The highest BCUT2D eigenvalue weighted by Gasteiger charge is 2.54. The van der Waals surface area contributed by atoms with Crippen LogP contribution in [0.5, 0.6) is 17.2 Å². The van der Waals surface area contributed by atoms with Crippen molar-refractivity contribution in [2.75, 3.05) is 154 Å². The number of carbonyl (C=O) groups is 7. The van der Waals surface area contributed by atoms with Crippen LogP contribution in [0.2, 0.25) is 0 Å². The summed E-state index contributed by atoms with van der Waals surface area (Å²) in [5, 5.41) is 68.7. The average Bonchev–Trinajstić information content (AvgIpc) is 0.880. The fraction of sp³-hybridized carbons (Fsp3) is 0.709. The molecule has 4 heterocycles. The van der Waals surface area contributed by atoms with Crippen LogP contribution in [-0.2, 0) is 95.0 Å². The third-order valence-electron chi connectivity index (χ3n) is 22.4. The first-order valence-electron chi connectivity index (χ1n) is 42.5. The third-order valence-corrected chi connectivity index (χ3v) is 28.3. The minimum atomic E-state index is -2.25. The zero-order valence-electron chi connectivity index (χ0n) is 74.3. The van der Waals surface area contributed by atoms with E-state index in [0.717, 1.165) is 44.6 Å². The molecule has 7 unspecified atom stereocenters. The van der Waals surface area contributed by atoms with Crippen molar-refractivity contribution in [2.45, 2.75) is 220 Å². The van der Waals surface area contributed by atoms with Crippen molar-refractivity contribution in [3.8, 4) is 52.8 Å². The molecule has 714 valence electrons. The molecule has 5 fully saturated rings. The standard InChI is InChI=1S/C86H123IN6O32S3/c1-14-93(62(97)45-90-83(103)116-39-38-115-37-36-114-35-34-113-31-29-89-82(102)118-46-54-52-23-19-15-16-20-24-53(52)54)56-47-117-63(42-60(56)107-9)123-76-71(99)68(92-125-64-41-57(94)78(51(5)119-64)127-79(101)65-48(2)67(87)74(77(110-12)73(65)108-10)124-80-72(100)75(109-11)70(98)50(4)121-80)49(3)120-81(76)122-59-25-21-17-18-22-27-86(105)43-58(95)69(91-84(104)111-13)66(59)55(86)26-40-126-128-85(6,7)44-61(96)88-28-30-112-33-32-106-8/h17-18,26,49-54,56-57,59-60,63-64,68,70-72,75-76,78,80-81,92,94,98-100,105H,14,19-20,23-24,28-47H2,1-13H3,(H,88,96)(H,89,102)(H,90,103)(H,91,104)/b18-17-,55-26+/t49?,50?,51?,52-,53+,54?,56-,57+,59-,60?,63-,64-,68+,70-,71-,72-,75?,76?,78+,80-,81-,86+/m0/s1. The summed E-state index contributed by atoms with van der Waals surface area (Å²) in [5.74, 6) is 18.1. The van der Waals surface area contributed by atoms with Gasteiger partial charge in [-0.05, 0) is 119 Å². The summed E-state index contributed by atoms with van der Waals surface area (Å²) in [6.45, 7) is 14.6. The number of methoxy groups -OCH3 is 6. The summed E-state index contributed by atoms with van der Waals surface area (Å²) >= 11 is 2.76. The van der Waals surface area contributed by atoms with Gasteiger partial charge in [0.25, 0.3) is 0 Å². The molecule has 128 heavy (non-hydrogen) atoms. The molecule has 9 rings (SSSR count). The fourth-order valence-electron chi connectivity index (χ4n) is 15.8. The summed E-state index contributed by atoms with van der Waals surface area (Å²) in [5.41, 5.74) is 0.575. The van der Waals surface area contributed by atoms with Crippen LogP contribution in [0.1, 0.15) is 109 Å². The van der Waals surface area contributed by atoms with Crippen molar-refractivity contribution < 1.29 is 154 Å². The number of hydrogen-bond donors (Lipinski definition) is 10. The van der Waals surface area contributed by atoms with Crippen molar-refractivity contribution in [1.29, 1.82) is 0 Å². The van der Waals surface area contributed by atoms with Gasteiger partial charge in [0.15, 0.2) is 41.8 Å². The highest BCUT2D eigenvalue weighted by molar-refractivity contribution is 14.1. The molecule has 8 aliphatic rings. The molecule has 1 saturated carbocycles. The molecule has 38 nitrogen and oxygen atoms in total. The highest BCUT2D eigenvalue weighted by Crippen LogP contribution is 2.53. The topological polar surface area (TPSA) is 469 Å². The number of allylic oxidation sites excluding steroid dienone is 3. The van der Waals surface area contributed by atoms with Gasteiger partial charge in [-0.15, -0.1) is 11.8 Å². The maximum atomic E-state index is 14.7. The van der Waals surface area contributed by atoms with Crippen LogP contribution in [0.3, 0.4) is 0 Å². The molecule has 42 heteroatoms. The van der Waals surface area contributed by atoms with Crippen LogP contribution in [0.25, 0.3) is 0 Å². The first-order chi connectivity index (χ1) is 61.4. The molecule has 10 N–H and O–H groups in total. The van der Waals surface area contributed by atoms with E-state index in [1.165, 1.54) is 67.1 Å². The Morgan fingerprint density at radius 3 is 2.03 bits per heavy atom. The Morgan fingerprint density at radius 2 is 1.38 bits per heavy atom. The number of hydroxylamine groups is 1. The molecule has 22 atom stereocenters. The lowest BCUT2D eigenvalue weighted by molar-refractivity contribution is -0.337. The number of Topliss-reactive ketones (excluding diaryl/α,β-unsaturated/α-hetero) is 1. The molecule has 1 aromatic rings. The largest absolute Gasteiger partial charge is 0.492 e. The van der Waals surface area contributed by atoms with E-state index in [9.17, 15) is 59.1 Å². The Balaban J connectivity index is 0.856. The first-order valence-corrected chi connectivity index (χ1v) is 46.8. The number of ketones is 1. The molecule has 1 aromatic carbocycles. The number of benzene rings is 1. The average molecular weight is 1980 g/mol. The van der Waals surface area contributed by atoms with Gasteiger partial charge in [-0.2, -0.15) is 5.48 Å². The second kappa shape index (κ2) is 52.3. The van der Waals surface area contributed by atoms with Gasteiger partial charge in [0.05, 0.1) is 163 Å². The number of alkyl carbamates (subject to hydrolysis) is 3. The lowest BCUT2D eigenvalue weighted by Crippen LogP contribution is -2.65. The number of fused-ring (bicyclic) bond motifs is 3. The van der Waals surface area contributed by atoms with Crippen molar-refractivity contribution in [3.63, 3.8) is 0 Å². The highest BCUT2D eigenvalue weighted by atomic mass is 127. The van der Waals surface area contributed by atoms with E-state index in [0.29, 0.717) is 46.7 Å². The van der Waals surface area contributed by atoms with Crippen LogP contribution in [-0.4, -0.2) is 345 Å². The molecule has 0 aromatic heterocycles. The molecule has 4 aliphatic carbocycles. The number of thioether (sulfide) groups is 1. The number of amides is 5. The van der Waals surface area contributed by atoms with Gasteiger partial charge in [-0.25, -0.2) is 14.4 Å². The third kappa shape index (κ3) is 29.5. The number of halogens is 1. The quantitative estimate of drug-likeness (QED) is 0.0110. The smallest absolute Gasteiger partial charge is 0.411 e. The van der Waals surface area contributed by atoms with E-state index in [1.807, 2.05) is 36.4 Å². The SMILES string of the molecule is CCN(C(=O)CNC(=O)OCCOCCOCCOCCNC(=O)OCC1[C@H]2CCC#CCC[C@@H]12)[C@H]1CO[C@@H](OC2[C@H](O[C@H]3C#C/C=C\C#C[C@@]4(O)CC(=O)C(NC(=O)OC)=C3/C4=C\CSSC(C)(C)CC(=O)NCCOCCOC)OC(C)[C@@H](NO[C@H]3C[C@@H](O)[C@H](SC(=O)c4c(C)c(I)c(O[C@@H]5OC(C)[C@H](O)C(OC)[C@@H]5O)c(OC)c4OC)C(C)O3)[C@@H]2O)CC1OC. The van der Waals surface area contributed by atoms with Gasteiger partial charge in [-0.3, -0.25) is 29.3 Å². The molecule has 5 amide bonds. The molecule has 0 spiro atoms. The van der Waals surface area contributed by atoms with Gasteiger partial charge in [0, 0.05) is 94.7 Å². The summed E-state index contributed by atoms with van der Waals surface area (Å²) in [6.07, 6.45) is -14.3. The van der Waals surface area contributed by atoms with Crippen molar-refractivity contribution in [1.82, 2.24) is 31.6 Å². The van der Waals surface area contributed by atoms with Crippen LogP contribution in [0, 0.1) is 63.8 Å². The minimum absolute atomic E-state index is 0.00279. The fourth-order valence-corrected chi connectivity index (χ4v) is 19.9. The Labute approximate surface area is 771 Å². The zero-order valence-corrected chi connectivity index (χ0v) is 78.9. The molecular weight excluding hydrogens is 1850 g/mol. The van der Waals surface area contributed by atoms with Crippen LogP contribution in [0.4, 0.5) is 14.4 Å². The van der Waals surface area contributed by atoms with E-state index in [1.54, 1.807) is 47.8 Å². The number of hydrogen-bond acceptors (Lipinski definition) is 36. The Bertz CT molecular complexity index is 4150. The number of aliphatic hydroxyl groups is 5. The Hall–Kier alpha value is -6.41. The van der Waals surface area contributed by atoms with E-state index < -0.39 is 168 Å². The van der Waals surface area contributed by atoms with E-state index in [-0.39, 0.29) is 150 Å². The Morgan fingerprint density at radius 1 is 0.719 bits per heavy atom. The molecule has 2 bridgehead atoms. The predicted molar refractivity (Wildman–Crippen MR) is 472 cm³/mol. The minimum Gasteiger partial charge on any atom is -0.492 e. The molecular formula is C86H123IN6O32S3. The van der Waals surface area contributed by atoms with Crippen LogP contribution < -0.4 is 41.0 Å². The van der Waals surface area contributed by atoms with Gasteiger partial charge >= 0.3 is 18.3 Å². The number of rotatable bonds is 46. The Kier molecular flexibility index (Phi) is 43.0. The van der Waals surface area contributed by atoms with Crippen molar-refractivity contribution in [2.24, 2.45) is 17.8 Å². The monoisotopic (exact) mass is 1970 g/mol. The summed E-state index contributed by atoms with van der Waals surface area (Å²) in [6, 6.07) is -2.04. The van der Waals surface area contributed by atoms with E-state index in [4.69, 9.17) is 94.8 Å². The summed E-state index contributed by atoms with van der Waals surface area (Å²) in [4.78, 5) is 103. The maximum Gasteiger partial charge on any atom is 0.411 e. The molecule has 0 radical (unpaired) electrons.